The third-order valence-electron chi connectivity index (χ3n) is 1.84. The minimum atomic E-state index is -0.968. The molecule has 4 heteroatoms. The highest BCUT2D eigenvalue weighted by Crippen LogP contribution is 2.28. The van der Waals surface area contributed by atoms with Gasteiger partial charge in [0.1, 0.15) is 4.88 Å². The Morgan fingerprint density at radius 2 is 2.15 bits per heavy atom. The van der Waals surface area contributed by atoms with E-state index in [0.717, 1.165) is 11.3 Å². The summed E-state index contributed by atoms with van der Waals surface area (Å²) in [7, 11) is 0. The summed E-state index contributed by atoms with van der Waals surface area (Å²) in [4.78, 5) is 10.9. The summed E-state index contributed by atoms with van der Waals surface area (Å²) in [6, 6.07) is 1.67. The zero-order valence-electron chi connectivity index (χ0n) is 7.52. The second kappa shape index (κ2) is 3.89. The fourth-order valence-electron chi connectivity index (χ4n) is 1.08. The van der Waals surface area contributed by atoms with Crippen LogP contribution in [-0.2, 0) is 0 Å². The van der Waals surface area contributed by atoms with Crippen molar-refractivity contribution in [2.24, 2.45) is 5.92 Å². The maximum atomic E-state index is 10.7. The number of aliphatic hydroxyl groups is 1. The zero-order chi connectivity index (χ0) is 10.0. The van der Waals surface area contributed by atoms with Crippen molar-refractivity contribution in [1.29, 1.82) is 0 Å². The van der Waals surface area contributed by atoms with E-state index in [1.807, 2.05) is 13.8 Å². The van der Waals surface area contributed by atoms with E-state index in [4.69, 9.17) is 5.11 Å². The van der Waals surface area contributed by atoms with E-state index in [1.165, 1.54) is 0 Å². The molecule has 72 valence electrons. The van der Waals surface area contributed by atoms with E-state index in [9.17, 15) is 9.90 Å². The highest BCUT2D eigenvalue weighted by Gasteiger charge is 2.20. The Kier molecular flexibility index (Phi) is 3.06. The van der Waals surface area contributed by atoms with Crippen molar-refractivity contribution in [2.75, 3.05) is 0 Å². The van der Waals surface area contributed by atoms with Crippen LogP contribution in [-0.4, -0.2) is 16.2 Å². The van der Waals surface area contributed by atoms with Gasteiger partial charge in [-0.1, -0.05) is 13.8 Å². The first-order valence-electron chi connectivity index (χ1n) is 4.02. The fraction of sp³-hybridized carbons (Fsp3) is 0.444. The summed E-state index contributed by atoms with van der Waals surface area (Å²) < 4.78 is 0. The van der Waals surface area contributed by atoms with E-state index < -0.39 is 12.1 Å². The summed E-state index contributed by atoms with van der Waals surface area (Å²) in [5, 5.41) is 20.1. The zero-order valence-corrected chi connectivity index (χ0v) is 8.34. The minimum Gasteiger partial charge on any atom is -0.477 e. The summed E-state index contributed by atoms with van der Waals surface area (Å²) in [5.41, 5.74) is 0.521. The van der Waals surface area contributed by atoms with Crippen molar-refractivity contribution >= 4 is 17.3 Å². The van der Waals surface area contributed by atoms with Crippen molar-refractivity contribution in [2.45, 2.75) is 20.0 Å². The first-order valence-corrected chi connectivity index (χ1v) is 4.90. The van der Waals surface area contributed by atoms with Gasteiger partial charge in [-0.3, -0.25) is 0 Å². The van der Waals surface area contributed by atoms with Gasteiger partial charge in [0.2, 0.25) is 0 Å². The van der Waals surface area contributed by atoms with Crippen molar-refractivity contribution in [3.8, 4) is 0 Å². The number of aliphatic hydroxyl groups excluding tert-OH is 1. The Labute approximate surface area is 80.6 Å². The SMILES string of the molecule is CC(C)C(O)c1ccsc1C(=O)O. The molecule has 0 aliphatic carbocycles. The van der Waals surface area contributed by atoms with Crippen LogP contribution in [0.5, 0.6) is 0 Å². The molecule has 1 aromatic heterocycles. The van der Waals surface area contributed by atoms with Gasteiger partial charge in [-0.05, 0) is 17.4 Å². The third-order valence-corrected chi connectivity index (χ3v) is 2.76. The molecule has 1 aromatic rings. The smallest absolute Gasteiger partial charge is 0.346 e. The van der Waals surface area contributed by atoms with Crippen molar-refractivity contribution in [1.82, 2.24) is 0 Å². The van der Waals surface area contributed by atoms with Crippen LogP contribution in [0.25, 0.3) is 0 Å². The third kappa shape index (κ3) is 2.08. The maximum absolute atomic E-state index is 10.7. The fourth-order valence-corrected chi connectivity index (χ4v) is 1.86. The summed E-state index contributed by atoms with van der Waals surface area (Å²) in [5.74, 6) is -0.933. The van der Waals surface area contributed by atoms with Gasteiger partial charge in [0.15, 0.2) is 0 Å². The first kappa shape index (κ1) is 10.2. The number of hydrogen-bond acceptors (Lipinski definition) is 3. The number of carboxylic acid groups (broad SMARTS) is 1. The Morgan fingerprint density at radius 1 is 1.54 bits per heavy atom. The molecule has 0 aliphatic rings. The molecule has 0 bridgehead atoms. The highest BCUT2D eigenvalue weighted by atomic mass is 32.1. The van der Waals surface area contributed by atoms with Gasteiger partial charge >= 0.3 is 5.97 Å². The molecular weight excluding hydrogens is 188 g/mol. The van der Waals surface area contributed by atoms with Crippen LogP contribution in [0.3, 0.4) is 0 Å². The lowest BCUT2D eigenvalue weighted by Crippen LogP contribution is -2.08. The lowest BCUT2D eigenvalue weighted by molar-refractivity contribution is 0.0689. The molecule has 13 heavy (non-hydrogen) atoms. The van der Waals surface area contributed by atoms with Crippen LogP contribution >= 0.6 is 11.3 Å². The second-order valence-corrected chi connectivity index (χ2v) is 4.12. The standard InChI is InChI=1S/C9H12O3S/c1-5(2)7(10)6-3-4-13-8(6)9(11)12/h3-5,7,10H,1-2H3,(H,11,12). The Bertz CT molecular complexity index is 304. The molecule has 3 nitrogen and oxygen atoms in total. The molecule has 0 saturated heterocycles. The molecular formula is C9H12O3S. The largest absolute Gasteiger partial charge is 0.477 e. The molecule has 2 N–H and O–H groups in total. The number of hydrogen-bond donors (Lipinski definition) is 2. The van der Waals surface area contributed by atoms with E-state index in [-0.39, 0.29) is 10.8 Å². The molecule has 0 spiro atoms. The molecule has 0 aliphatic heterocycles. The number of carboxylic acids is 1. The molecule has 0 saturated carbocycles. The minimum absolute atomic E-state index is 0.0349. The molecule has 0 radical (unpaired) electrons. The average molecular weight is 200 g/mol. The van der Waals surface area contributed by atoms with Gasteiger partial charge in [0, 0.05) is 5.56 Å². The predicted molar refractivity (Wildman–Crippen MR) is 51.1 cm³/mol. The number of carbonyl (C=O) groups is 1. The van der Waals surface area contributed by atoms with Gasteiger partial charge in [0.25, 0.3) is 0 Å². The van der Waals surface area contributed by atoms with Crippen LogP contribution in [0.2, 0.25) is 0 Å². The lowest BCUT2D eigenvalue weighted by Gasteiger charge is -2.13. The van der Waals surface area contributed by atoms with Gasteiger partial charge < -0.3 is 10.2 Å². The molecule has 0 fully saturated rings. The number of thiophene rings is 1. The number of rotatable bonds is 3. The Morgan fingerprint density at radius 3 is 2.62 bits per heavy atom. The van der Waals surface area contributed by atoms with Crippen molar-refractivity contribution in [3.05, 3.63) is 21.9 Å². The normalized spacial score (nSPS) is 13.2. The summed E-state index contributed by atoms with van der Waals surface area (Å²) >= 11 is 1.14. The Hall–Kier alpha value is -0.870. The maximum Gasteiger partial charge on any atom is 0.346 e. The predicted octanol–water partition coefficient (Wildman–Crippen LogP) is 2.14. The monoisotopic (exact) mass is 200 g/mol. The van der Waals surface area contributed by atoms with Crippen LogP contribution in [0.4, 0.5) is 0 Å². The van der Waals surface area contributed by atoms with Gasteiger partial charge in [-0.2, -0.15) is 0 Å². The van der Waals surface area contributed by atoms with E-state index in [2.05, 4.69) is 0 Å². The van der Waals surface area contributed by atoms with Crippen LogP contribution in [0.1, 0.15) is 35.2 Å². The lowest BCUT2D eigenvalue weighted by atomic mass is 10.00. The quantitative estimate of drug-likeness (QED) is 0.785. The molecule has 1 heterocycles. The van der Waals surface area contributed by atoms with Gasteiger partial charge in [0.05, 0.1) is 6.10 Å². The van der Waals surface area contributed by atoms with Crippen LogP contribution < -0.4 is 0 Å². The summed E-state index contributed by atoms with van der Waals surface area (Å²) in [6.45, 7) is 3.71. The van der Waals surface area contributed by atoms with Gasteiger partial charge in [-0.25, -0.2) is 4.79 Å². The molecule has 0 aromatic carbocycles. The second-order valence-electron chi connectivity index (χ2n) is 3.20. The van der Waals surface area contributed by atoms with E-state index in [0.29, 0.717) is 5.56 Å². The average Bonchev–Trinajstić information content (AvgIpc) is 2.50. The molecule has 1 unspecified atom stereocenters. The first-order chi connectivity index (χ1) is 6.04. The van der Waals surface area contributed by atoms with E-state index >= 15 is 0 Å². The topological polar surface area (TPSA) is 57.5 Å². The van der Waals surface area contributed by atoms with Crippen molar-refractivity contribution in [3.63, 3.8) is 0 Å². The molecule has 1 rings (SSSR count). The van der Waals surface area contributed by atoms with Crippen LogP contribution in [0.15, 0.2) is 11.4 Å². The molecule has 1 atom stereocenters. The van der Waals surface area contributed by atoms with Crippen LogP contribution in [0, 0.1) is 5.92 Å². The van der Waals surface area contributed by atoms with Crippen molar-refractivity contribution < 1.29 is 15.0 Å². The Balaban J connectivity index is 3.00. The highest BCUT2D eigenvalue weighted by molar-refractivity contribution is 7.12. The van der Waals surface area contributed by atoms with Gasteiger partial charge in [-0.15, -0.1) is 11.3 Å². The number of aromatic carboxylic acids is 1. The summed E-state index contributed by atoms with van der Waals surface area (Å²) in [6.07, 6.45) is -0.683. The molecule has 0 amide bonds. The van der Waals surface area contributed by atoms with E-state index in [1.54, 1.807) is 11.4 Å².